The number of carboxylic acids is 1. The van der Waals surface area contributed by atoms with Crippen LogP contribution in [0.15, 0.2) is 0 Å². The summed E-state index contributed by atoms with van der Waals surface area (Å²) in [6, 6.07) is 0. The van der Waals surface area contributed by atoms with Gasteiger partial charge in [-0.2, -0.15) is 0 Å². The Kier molecular flexibility index (Phi) is 3.34. The van der Waals surface area contributed by atoms with Gasteiger partial charge in [-0.15, -0.1) is 0 Å². The van der Waals surface area contributed by atoms with E-state index >= 15 is 0 Å². The fourth-order valence-electron chi connectivity index (χ4n) is 2.25. The second kappa shape index (κ2) is 4.18. The highest BCUT2D eigenvalue weighted by atomic mass is 16.4. The van der Waals surface area contributed by atoms with Gasteiger partial charge in [0.05, 0.1) is 0 Å². The average Bonchev–Trinajstić information content (AvgIpc) is 2.17. The van der Waals surface area contributed by atoms with Gasteiger partial charge in [-0.1, -0.05) is 6.92 Å². The number of nitrogens with one attached hydrogen (secondary N) is 1. The molecule has 0 aromatic carbocycles. The summed E-state index contributed by atoms with van der Waals surface area (Å²) >= 11 is 0. The van der Waals surface area contributed by atoms with Crippen LogP contribution >= 0.6 is 0 Å². The summed E-state index contributed by atoms with van der Waals surface area (Å²) < 4.78 is 0. The molecule has 1 heterocycles. The summed E-state index contributed by atoms with van der Waals surface area (Å²) in [5.41, 5.74) is -1.04. The van der Waals surface area contributed by atoms with Crippen LogP contribution in [0.2, 0.25) is 0 Å². The molecule has 0 bridgehead atoms. The number of hydrogen-bond donors (Lipinski definition) is 2. The van der Waals surface area contributed by atoms with E-state index in [2.05, 4.69) is 5.32 Å². The number of hydrogen-bond acceptors (Lipinski definition) is 3. The minimum absolute atomic E-state index is 0.0855. The Morgan fingerprint density at radius 3 is 2.53 bits per heavy atom. The predicted molar refractivity (Wildman–Crippen MR) is 55.5 cm³/mol. The third-order valence-corrected chi connectivity index (χ3v) is 3.39. The summed E-state index contributed by atoms with van der Waals surface area (Å²) in [5.74, 6) is -1.20. The van der Waals surface area contributed by atoms with Crippen LogP contribution in [-0.4, -0.2) is 47.6 Å². The summed E-state index contributed by atoms with van der Waals surface area (Å²) in [6.07, 6.45) is 0.458. The van der Waals surface area contributed by atoms with E-state index in [1.165, 1.54) is 11.8 Å². The van der Waals surface area contributed by atoms with Gasteiger partial charge in [0.1, 0.15) is 5.54 Å². The summed E-state index contributed by atoms with van der Waals surface area (Å²) in [4.78, 5) is 24.1. The highest BCUT2D eigenvalue weighted by Gasteiger charge is 2.49. The second-order valence-electron chi connectivity index (χ2n) is 4.16. The van der Waals surface area contributed by atoms with E-state index < -0.39 is 11.5 Å². The molecule has 1 rings (SSSR count). The molecule has 0 aliphatic carbocycles. The van der Waals surface area contributed by atoms with Crippen LogP contribution in [0.25, 0.3) is 0 Å². The monoisotopic (exact) mass is 214 g/mol. The van der Waals surface area contributed by atoms with Crippen molar-refractivity contribution < 1.29 is 14.7 Å². The molecule has 2 unspecified atom stereocenters. The Hall–Kier alpha value is -1.10. The molecule has 0 spiro atoms. The molecule has 2 atom stereocenters. The van der Waals surface area contributed by atoms with Gasteiger partial charge in [-0.25, -0.2) is 4.79 Å². The van der Waals surface area contributed by atoms with Crippen LogP contribution in [0.1, 0.15) is 20.3 Å². The lowest BCUT2D eigenvalue weighted by Crippen LogP contribution is -2.64. The van der Waals surface area contributed by atoms with Gasteiger partial charge in [0, 0.05) is 26.4 Å². The Balaban J connectivity index is 3.06. The van der Waals surface area contributed by atoms with Crippen LogP contribution in [0, 0.1) is 5.92 Å². The lowest BCUT2D eigenvalue weighted by Gasteiger charge is -2.45. The van der Waals surface area contributed by atoms with Gasteiger partial charge in [-0.05, 0) is 13.0 Å². The van der Waals surface area contributed by atoms with Crippen LogP contribution in [0.5, 0.6) is 0 Å². The topological polar surface area (TPSA) is 69.6 Å². The van der Waals surface area contributed by atoms with Gasteiger partial charge >= 0.3 is 5.97 Å². The number of nitrogens with zero attached hydrogens (tertiary/aromatic N) is 1. The van der Waals surface area contributed by atoms with Crippen molar-refractivity contribution in [3.8, 4) is 0 Å². The number of amides is 1. The van der Waals surface area contributed by atoms with E-state index in [1.807, 2.05) is 6.92 Å². The zero-order valence-electron chi connectivity index (χ0n) is 9.41. The summed E-state index contributed by atoms with van der Waals surface area (Å²) in [6.45, 7) is 4.53. The van der Waals surface area contributed by atoms with E-state index in [0.29, 0.717) is 19.5 Å². The molecule has 5 nitrogen and oxygen atoms in total. The molecular weight excluding hydrogens is 196 g/mol. The van der Waals surface area contributed by atoms with E-state index in [0.717, 1.165) is 0 Å². The van der Waals surface area contributed by atoms with Crippen LogP contribution in [0.4, 0.5) is 0 Å². The molecule has 5 heteroatoms. The van der Waals surface area contributed by atoms with Crippen LogP contribution in [-0.2, 0) is 9.59 Å². The molecule has 0 aromatic heterocycles. The van der Waals surface area contributed by atoms with Crippen molar-refractivity contribution in [3.05, 3.63) is 0 Å². The number of piperidine rings is 1. The Morgan fingerprint density at radius 2 is 2.13 bits per heavy atom. The largest absolute Gasteiger partial charge is 0.479 e. The Bertz CT molecular complexity index is 280. The van der Waals surface area contributed by atoms with E-state index in [4.69, 9.17) is 0 Å². The molecule has 2 N–H and O–H groups in total. The molecule has 1 aliphatic rings. The maximum atomic E-state index is 11.4. The van der Waals surface area contributed by atoms with Crippen molar-refractivity contribution in [2.45, 2.75) is 25.8 Å². The van der Waals surface area contributed by atoms with Crippen molar-refractivity contribution >= 4 is 11.9 Å². The van der Waals surface area contributed by atoms with Gasteiger partial charge in [0.2, 0.25) is 5.91 Å². The molecule has 1 saturated heterocycles. The SMILES string of the molecule is CC(=O)N(C)C1(C(=O)O)CCNCC1C. The van der Waals surface area contributed by atoms with Crippen molar-refractivity contribution in [1.29, 1.82) is 0 Å². The normalized spacial score (nSPS) is 31.0. The first-order chi connectivity index (χ1) is 6.93. The van der Waals surface area contributed by atoms with Gasteiger partial charge < -0.3 is 15.3 Å². The quantitative estimate of drug-likeness (QED) is 0.674. The van der Waals surface area contributed by atoms with Crippen LogP contribution < -0.4 is 5.32 Å². The highest BCUT2D eigenvalue weighted by Crippen LogP contribution is 2.30. The molecule has 0 saturated carbocycles. The first kappa shape index (κ1) is 12.0. The summed E-state index contributed by atoms with van der Waals surface area (Å²) in [7, 11) is 1.57. The number of carboxylic acid groups (broad SMARTS) is 1. The molecule has 15 heavy (non-hydrogen) atoms. The smallest absolute Gasteiger partial charge is 0.330 e. The van der Waals surface area contributed by atoms with Crippen molar-refractivity contribution in [1.82, 2.24) is 10.2 Å². The van der Waals surface area contributed by atoms with E-state index in [-0.39, 0.29) is 11.8 Å². The van der Waals surface area contributed by atoms with Crippen molar-refractivity contribution in [3.63, 3.8) is 0 Å². The maximum absolute atomic E-state index is 11.4. The zero-order valence-corrected chi connectivity index (χ0v) is 9.41. The minimum Gasteiger partial charge on any atom is -0.479 e. The lowest BCUT2D eigenvalue weighted by molar-refractivity contribution is -0.162. The maximum Gasteiger partial charge on any atom is 0.330 e. The first-order valence-electron chi connectivity index (χ1n) is 5.11. The average molecular weight is 214 g/mol. The van der Waals surface area contributed by atoms with E-state index in [9.17, 15) is 14.7 Å². The lowest BCUT2D eigenvalue weighted by atomic mass is 9.78. The third kappa shape index (κ3) is 1.84. The van der Waals surface area contributed by atoms with Crippen LogP contribution in [0.3, 0.4) is 0 Å². The first-order valence-corrected chi connectivity index (χ1v) is 5.11. The predicted octanol–water partition coefficient (Wildman–Crippen LogP) is -0.0825. The molecule has 0 radical (unpaired) electrons. The van der Waals surface area contributed by atoms with Gasteiger partial charge in [0.15, 0.2) is 0 Å². The molecule has 1 aliphatic heterocycles. The van der Waals surface area contributed by atoms with E-state index in [1.54, 1.807) is 7.05 Å². The Morgan fingerprint density at radius 1 is 1.53 bits per heavy atom. The molecular formula is C10H18N2O3. The molecule has 0 aromatic rings. The number of carbonyl (C=O) groups excluding carboxylic acids is 1. The molecule has 1 fully saturated rings. The minimum atomic E-state index is -1.04. The summed E-state index contributed by atoms with van der Waals surface area (Å²) in [5, 5.41) is 12.5. The van der Waals surface area contributed by atoms with Crippen molar-refractivity contribution in [2.24, 2.45) is 5.92 Å². The molecule has 86 valence electrons. The zero-order chi connectivity index (χ0) is 11.6. The van der Waals surface area contributed by atoms with Gasteiger partial charge in [0.25, 0.3) is 0 Å². The fraction of sp³-hybridized carbons (Fsp3) is 0.800. The number of likely N-dealkylation sites (N-methyl/N-ethyl adjacent to an activating group) is 1. The van der Waals surface area contributed by atoms with Crippen molar-refractivity contribution in [2.75, 3.05) is 20.1 Å². The fourth-order valence-corrected chi connectivity index (χ4v) is 2.25. The Labute approximate surface area is 89.4 Å². The highest BCUT2D eigenvalue weighted by molar-refractivity contribution is 5.86. The molecule has 1 amide bonds. The number of aliphatic carboxylic acids is 1. The van der Waals surface area contributed by atoms with Gasteiger partial charge in [-0.3, -0.25) is 4.79 Å². The third-order valence-electron chi connectivity index (χ3n) is 3.39. The number of rotatable bonds is 2. The second-order valence-corrected chi connectivity index (χ2v) is 4.16. The number of carbonyl (C=O) groups is 2. The standard InChI is InChI=1S/C10H18N2O3/c1-7-6-11-5-4-10(7,9(14)15)12(3)8(2)13/h7,11H,4-6H2,1-3H3,(H,14,15).